The number of benzene rings is 2. The average Bonchev–Trinajstić information content (AvgIpc) is 3.57. The maximum Gasteiger partial charge on any atom is 0.270 e. The van der Waals surface area contributed by atoms with Crippen molar-refractivity contribution in [1.82, 2.24) is 30.0 Å². The van der Waals surface area contributed by atoms with Crippen molar-refractivity contribution in [3.63, 3.8) is 0 Å². The van der Waals surface area contributed by atoms with Crippen molar-refractivity contribution in [1.29, 1.82) is 0 Å². The van der Waals surface area contributed by atoms with Crippen molar-refractivity contribution < 1.29 is 4.79 Å². The fraction of sp³-hybridized carbons (Fsp3) is 0.148. The van der Waals surface area contributed by atoms with E-state index in [4.69, 9.17) is 23.2 Å². The number of nitrogens with one attached hydrogen (secondary N) is 1. The van der Waals surface area contributed by atoms with Gasteiger partial charge in [-0.1, -0.05) is 59.2 Å². The van der Waals surface area contributed by atoms with E-state index in [0.717, 1.165) is 38.4 Å². The van der Waals surface area contributed by atoms with Crippen LogP contribution in [0.3, 0.4) is 0 Å². The van der Waals surface area contributed by atoms with Gasteiger partial charge in [-0.25, -0.2) is 4.98 Å². The molecule has 192 valence electrons. The first-order valence-corrected chi connectivity index (χ1v) is 14.3. The predicted molar refractivity (Wildman–Crippen MR) is 154 cm³/mol. The van der Waals surface area contributed by atoms with Crippen LogP contribution in [0.25, 0.3) is 17.1 Å². The molecule has 0 aliphatic rings. The van der Waals surface area contributed by atoms with Crippen molar-refractivity contribution in [2.24, 2.45) is 0 Å². The minimum absolute atomic E-state index is 0.218. The summed E-state index contributed by atoms with van der Waals surface area (Å²) in [7, 11) is 0. The maximum atomic E-state index is 12.6. The SMILES string of the molecule is Cc1ccccc1-n1c(SCc2nc(C(=O)NCCc3ccc(Cl)cc3Cl)cs2)nnc1-c1cccnc1. The monoisotopic (exact) mass is 580 g/mol. The topological polar surface area (TPSA) is 85.6 Å². The Morgan fingerprint density at radius 2 is 1.97 bits per heavy atom. The van der Waals surface area contributed by atoms with Gasteiger partial charge in [0.15, 0.2) is 11.0 Å². The zero-order valence-corrected chi connectivity index (χ0v) is 23.4. The van der Waals surface area contributed by atoms with Gasteiger partial charge in [0.1, 0.15) is 10.7 Å². The summed E-state index contributed by atoms with van der Waals surface area (Å²) in [4.78, 5) is 21.4. The average molecular weight is 582 g/mol. The highest BCUT2D eigenvalue weighted by atomic mass is 35.5. The molecule has 0 aliphatic carbocycles. The Morgan fingerprint density at radius 1 is 1.11 bits per heavy atom. The van der Waals surface area contributed by atoms with Crippen molar-refractivity contribution in [3.8, 4) is 17.1 Å². The normalized spacial score (nSPS) is 11.0. The minimum Gasteiger partial charge on any atom is -0.350 e. The Bertz CT molecular complexity index is 1570. The number of carbonyl (C=O) groups is 1. The molecule has 0 bridgehead atoms. The summed E-state index contributed by atoms with van der Waals surface area (Å²) in [6, 6.07) is 17.3. The molecule has 7 nitrogen and oxygen atoms in total. The summed E-state index contributed by atoms with van der Waals surface area (Å²) in [6.07, 6.45) is 4.11. The quantitative estimate of drug-likeness (QED) is 0.196. The van der Waals surface area contributed by atoms with E-state index in [0.29, 0.717) is 34.5 Å². The smallest absolute Gasteiger partial charge is 0.270 e. The highest BCUT2D eigenvalue weighted by Gasteiger charge is 2.19. The third kappa shape index (κ3) is 6.07. The number of aromatic nitrogens is 5. The molecule has 11 heteroatoms. The van der Waals surface area contributed by atoms with Gasteiger partial charge in [0.25, 0.3) is 5.91 Å². The lowest BCUT2D eigenvalue weighted by molar-refractivity contribution is 0.0949. The molecule has 5 aromatic rings. The van der Waals surface area contributed by atoms with Crippen LogP contribution in [0.4, 0.5) is 0 Å². The van der Waals surface area contributed by atoms with E-state index < -0.39 is 0 Å². The van der Waals surface area contributed by atoms with Crippen molar-refractivity contribution in [2.45, 2.75) is 24.3 Å². The van der Waals surface area contributed by atoms with Gasteiger partial charge >= 0.3 is 0 Å². The molecule has 3 aromatic heterocycles. The molecule has 0 unspecified atom stereocenters. The van der Waals surface area contributed by atoms with E-state index in [-0.39, 0.29) is 5.91 Å². The number of nitrogens with zero attached hydrogens (tertiary/aromatic N) is 5. The predicted octanol–water partition coefficient (Wildman–Crippen LogP) is 6.67. The van der Waals surface area contributed by atoms with Crippen LogP contribution >= 0.6 is 46.3 Å². The Balaban J connectivity index is 1.27. The zero-order valence-electron chi connectivity index (χ0n) is 20.3. The molecule has 0 saturated heterocycles. The standard InChI is InChI=1S/C27H22Cl2N6OS2/c1-17-5-2-3-7-23(17)35-25(19-6-4-11-30-14-19)33-34-27(35)38-16-24-32-22(15-37-24)26(36)31-12-10-18-8-9-20(28)13-21(18)29/h2-9,11,13-15H,10,12,16H2,1H3,(H,31,36). The third-order valence-electron chi connectivity index (χ3n) is 5.71. The molecule has 0 saturated carbocycles. The van der Waals surface area contributed by atoms with E-state index in [9.17, 15) is 4.79 Å². The van der Waals surface area contributed by atoms with Crippen LogP contribution in [0.15, 0.2) is 77.5 Å². The van der Waals surface area contributed by atoms with Gasteiger partial charge in [-0.15, -0.1) is 21.5 Å². The van der Waals surface area contributed by atoms with E-state index in [1.807, 2.05) is 41.0 Å². The van der Waals surface area contributed by atoms with Crippen molar-refractivity contribution in [3.05, 3.63) is 104 Å². The summed E-state index contributed by atoms with van der Waals surface area (Å²) in [5.74, 6) is 1.05. The third-order valence-corrected chi connectivity index (χ3v) is 8.27. The van der Waals surface area contributed by atoms with E-state index in [1.165, 1.54) is 23.1 Å². The number of thioether (sulfide) groups is 1. The number of carbonyl (C=O) groups excluding carboxylic acids is 1. The fourth-order valence-corrected chi connectivity index (χ4v) is 6.05. The number of amides is 1. The van der Waals surface area contributed by atoms with Crippen LogP contribution in [-0.2, 0) is 12.2 Å². The van der Waals surface area contributed by atoms with Gasteiger partial charge in [-0.2, -0.15) is 0 Å². The highest BCUT2D eigenvalue weighted by Crippen LogP contribution is 2.31. The van der Waals surface area contributed by atoms with E-state index >= 15 is 0 Å². The Kier molecular flexibility index (Phi) is 8.38. The Morgan fingerprint density at radius 3 is 2.76 bits per heavy atom. The number of aryl methyl sites for hydroxylation is 1. The molecular weight excluding hydrogens is 559 g/mol. The van der Waals surface area contributed by atoms with Crippen molar-refractivity contribution in [2.75, 3.05) is 6.54 Å². The van der Waals surface area contributed by atoms with Crippen LogP contribution < -0.4 is 5.32 Å². The summed E-state index contributed by atoms with van der Waals surface area (Å²) in [5.41, 5.74) is 4.30. The number of hydrogen-bond acceptors (Lipinski definition) is 7. The number of hydrogen-bond donors (Lipinski definition) is 1. The van der Waals surface area contributed by atoms with E-state index in [1.54, 1.807) is 29.9 Å². The summed E-state index contributed by atoms with van der Waals surface area (Å²) < 4.78 is 2.04. The molecule has 5 rings (SSSR count). The maximum absolute atomic E-state index is 12.6. The lowest BCUT2D eigenvalue weighted by Crippen LogP contribution is -2.26. The molecule has 0 atom stereocenters. The molecular formula is C27H22Cl2N6OS2. The second-order valence-electron chi connectivity index (χ2n) is 8.33. The van der Waals surface area contributed by atoms with Gasteiger partial charge in [0.05, 0.1) is 11.4 Å². The van der Waals surface area contributed by atoms with Crippen LogP contribution in [0.2, 0.25) is 10.0 Å². The second kappa shape index (κ2) is 12.1. The van der Waals surface area contributed by atoms with Gasteiger partial charge in [0, 0.05) is 39.9 Å². The van der Waals surface area contributed by atoms with Gasteiger partial charge in [-0.3, -0.25) is 14.3 Å². The molecule has 2 aromatic carbocycles. The van der Waals surface area contributed by atoms with E-state index in [2.05, 4.69) is 38.5 Å². The summed E-state index contributed by atoms with van der Waals surface area (Å²) >= 11 is 15.1. The number of thiazole rings is 1. The lowest BCUT2D eigenvalue weighted by atomic mass is 10.1. The van der Waals surface area contributed by atoms with Crippen LogP contribution in [-0.4, -0.2) is 37.2 Å². The number of rotatable bonds is 9. The summed E-state index contributed by atoms with van der Waals surface area (Å²) in [5, 5.41) is 16.4. The molecule has 1 amide bonds. The first-order valence-electron chi connectivity index (χ1n) is 11.7. The molecule has 0 aliphatic heterocycles. The Hall–Kier alpha value is -3.24. The largest absolute Gasteiger partial charge is 0.350 e. The number of para-hydroxylation sites is 1. The molecule has 38 heavy (non-hydrogen) atoms. The first kappa shape index (κ1) is 26.4. The van der Waals surface area contributed by atoms with Gasteiger partial charge < -0.3 is 5.32 Å². The highest BCUT2D eigenvalue weighted by molar-refractivity contribution is 7.98. The van der Waals surface area contributed by atoms with Crippen LogP contribution in [0.5, 0.6) is 0 Å². The second-order valence-corrected chi connectivity index (χ2v) is 11.1. The summed E-state index contributed by atoms with van der Waals surface area (Å²) in [6.45, 7) is 2.50. The molecule has 3 heterocycles. The fourth-order valence-electron chi connectivity index (χ4n) is 3.81. The minimum atomic E-state index is -0.218. The van der Waals surface area contributed by atoms with Gasteiger partial charge in [0.2, 0.25) is 0 Å². The number of halogens is 2. The van der Waals surface area contributed by atoms with Gasteiger partial charge in [-0.05, 0) is 54.8 Å². The lowest BCUT2D eigenvalue weighted by Gasteiger charge is -2.12. The Labute approximate surface area is 238 Å². The molecule has 0 radical (unpaired) electrons. The zero-order chi connectivity index (χ0) is 26.5. The molecule has 1 N–H and O–H groups in total. The molecule has 0 fully saturated rings. The molecule has 0 spiro atoms. The van der Waals surface area contributed by atoms with Crippen LogP contribution in [0, 0.1) is 6.92 Å². The van der Waals surface area contributed by atoms with Crippen LogP contribution in [0.1, 0.15) is 26.6 Å². The number of pyridine rings is 1. The van der Waals surface area contributed by atoms with Crippen molar-refractivity contribution >= 4 is 52.2 Å². The first-order chi connectivity index (χ1) is 18.5.